The van der Waals surface area contributed by atoms with Crippen molar-refractivity contribution in [2.75, 3.05) is 0 Å². The van der Waals surface area contributed by atoms with Crippen LogP contribution in [0.2, 0.25) is 0 Å². The second kappa shape index (κ2) is 7.72. The minimum atomic E-state index is -0.355. The van der Waals surface area contributed by atoms with Crippen LogP contribution in [-0.2, 0) is 14.4 Å². The standard InChI is InChI=1S/C17H21N3O4/c1-3-15(22)18-19-16(23)12-8-13(9-12)20(10-21)17(24)14-7-5-4-6-11(14)2/h4-7,10,12-13H,3,8-9H2,1-2H3,(H,18,22)(H,19,23). The average molecular weight is 331 g/mol. The molecule has 0 saturated heterocycles. The minimum absolute atomic E-state index is 0.275. The van der Waals surface area contributed by atoms with Gasteiger partial charge in [0.1, 0.15) is 0 Å². The molecule has 7 nitrogen and oxygen atoms in total. The van der Waals surface area contributed by atoms with Crippen LogP contribution in [0.25, 0.3) is 0 Å². The largest absolute Gasteiger partial charge is 0.278 e. The van der Waals surface area contributed by atoms with E-state index >= 15 is 0 Å². The molecule has 0 aliphatic heterocycles. The first-order chi connectivity index (χ1) is 11.5. The summed E-state index contributed by atoms with van der Waals surface area (Å²) in [4.78, 5) is 48.0. The quantitative estimate of drug-likeness (QED) is 0.620. The predicted octanol–water partition coefficient (Wildman–Crippen LogP) is 0.930. The molecular formula is C17H21N3O4. The first-order valence-electron chi connectivity index (χ1n) is 7.90. The molecule has 1 aromatic rings. The van der Waals surface area contributed by atoms with Gasteiger partial charge in [0.25, 0.3) is 5.91 Å². The molecule has 128 valence electrons. The number of aryl methyl sites for hydroxylation is 1. The summed E-state index contributed by atoms with van der Waals surface area (Å²) in [5.41, 5.74) is 5.94. The third-order valence-corrected chi connectivity index (χ3v) is 4.25. The summed E-state index contributed by atoms with van der Waals surface area (Å²) in [6.45, 7) is 3.49. The fraction of sp³-hybridized carbons (Fsp3) is 0.412. The van der Waals surface area contributed by atoms with Crippen LogP contribution in [-0.4, -0.2) is 35.1 Å². The number of benzene rings is 1. The maximum atomic E-state index is 12.5. The van der Waals surface area contributed by atoms with E-state index in [1.807, 2.05) is 19.1 Å². The third-order valence-electron chi connectivity index (χ3n) is 4.25. The average Bonchev–Trinajstić information content (AvgIpc) is 2.54. The van der Waals surface area contributed by atoms with E-state index in [0.717, 1.165) is 10.5 Å². The molecule has 0 bridgehead atoms. The van der Waals surface area contributed by atoms with Crippen LogP contribution in [0.15, 0.2) is 24.3 Å². The van der Waals surface area contributed by atoms with Gasteiger partial charge in [-0.15, -0.1) is 0 Å². The Morgan fingerprint density at radius 2 is 1.88 bits per heavy atom. The Morgan fingerprint density at radius 1 is 1.21 bits per heavy atom. The molecule has 1 aromatic carbocycles. The van der Waals surface area contributed by atoms with Gasteiger partial charge in [-0.25, -0.2) is 0 Å². The molecule has 1 saturated carbocycles. The maximum absolute atomic E-state index is 12.5. The molecular weight excluding hydrogens is 310 g/mol. The lowest BCUT2D eigenvalue weighted by atomic mass is 9.78. The normalized spacial score (nSPS) is 18.9. The second-order valence-corrected chi connectivity index (χ2v) is 5.85. The van der Waals surface area contributed by atoms with Crippen LogP contribution in [0, 0.1) is 12.8 Å². The molecule has 1 aliphatic rings. The lowest BCUT2D eigenvalue weighted by molar-refractivity contribution is -0.135. The van der Waals surface area contributed by atoms with E-state index < -0.39 is 0 Å². The van der Waals surface area contributed by atoms with Gasteiger partial charge in [-0.05, 0) is 31.4 Å². The molecule has 7 heteroatoms. The molecule has 0 unspecified atom stereocenters. The van der Waals surface area contributed by atoms with Crippen molar-refractivity contribution in [2.24, 2.45) is 5.92 Å². The highest BCUT2D eigenvalue weighted by atomic mass is 16.2. The van der Waals surface area contributed by atoms with E-state index in [0.29, 0.717) is 24.8 Å². The van der Waals surface area contributed by atoms with Crippen molar-refractivity contribution >= 4 is 24.1 Å². The van der Waals surface area contributed by atoms with E-state index in [1.165, 1.54) is 0 Å². The van der Waals surface area contributed by atoms with E-state index in [2.05, 4.69) is 10.9 Å². The number of carbonyl (C=O) groups excluding carboxylic acids is 4. The van der Waals surface area contributed by atoms with Gasteiger partial charge in [-0.3, -0.25) is 34.9 Å². The van der Waals surface area contributed by atoms with Crippen molar-refractivity contribution in [2.45, 2.75) is 39.2 Å². The smallest absolute Gasteiger partial charge is 0.260 e. The first kappa shape index (κ1) is 17.7. The van der Waals surface area contributed by atoms with Crippen molar-refractivity contribution in [3.63, 3.8) is 0 Å². The van der Waals surface area contributed by atoms with E-state index in [-0.39, 0.29) is 36.1 Å². The van der Waals surface area contributed by atoms with Crippen molar-refractivity contribution in [3.8, 4) is 0 Å². The zero-order valence-electron chi connectivity index (χ0n) is 13.7. The molecule has 0 spiro atoms. The number of hydrogen-bond acceptors (Lipinski definition) is 4. The van der Waals surface area contributed by atoms with Crippen LogP contribution < -0.4 is 10.9 Å². The first-order valence-corrected chi connectivity index (χ1v) is 7.90. The lowest BCUT2D eigenvalue weighted by Crippen LogP contribution is -2.53. The Labute approximate surface area is 140 Å². The van der Waals surface area contributed by atoms with Gasteiger partial charge in [-0.1, -0.05) is 25.1 Å². The number of nitrogens with zero attached hydrogens (tertiary/aromatic N) is 1. The Bertz CT molecular complexity index is 653. The van der Waals surface area contributed by atoms with E-state index in [1.54, 1.807) is 19.1 Å². The molecule has 0 radical (unpaired) electrons. The number of nitrogens with one attached hydrogen (secondary N) is 2. The number of hydrazine groups is 1. The number of amides is 4. The number of hydrogen-bond donors (Lipinski definition) is 2. The SMILES string of the molecule is CCC(=O)NNC(=O)C1CC(N(C=O)C(=O)c2ccccc2C)C1. The van der Waals surface area contributed by atoms with Crippen molar-refractivity contribution in [3.05, 3.63) is 35.4 Å². The van der Waals surface area contributed by atoms with Gasteiger partial charge < -0.3 is 0 Å². The van der Waals surface area contributed by atoms with Gasteiger partial charge in [0.15, 0.2) is 0 Å². The highest BCUT2D eigenvalue weighted by Crippen LogP contribution is 2.32. The third kappa shape index (κ3) is 3.79. The zero-order valence-corrected chi connectivity index (χ0v) is 13.7. The molecule has 2 rings (SSSR count). The molecule has 1 fully saturated rings. The molecule has 24 heavy (non-hydrogen) atoms. The summed E-state index contributed by atoms with van der Waals surface area (Å²) < 4.78 is 0. The second-order valence-electron chi connectivity index (χ2n) is 5.85. The number of imide groups is 1. The van der Waals surface area contributed by atoms with Crippen molar-refractivity contribution < 1.29 is 19.2 Å². The minimum Gasteiger partial charge on any atom is -0.278 e. The number of rotatable bonds is 5. The zero-order chi connectivity index (χ0) is 17.7. The summed E-state index contributed by atoms with van der Waals surface area (Å²) in [5.74, 6) is -1.25. The Balaban J connectivity index is 1.92. The van der Waals surface area contributed by atoms with E-state index in [4.69, 9.17) is 0 Å². The lowest BCUT2D eigenvalue weighted by Gasteiger charge is -2.39. The van der Waals surface area contributed by atoms with Gasteiger partial charge in [0.2, 0.25) is 18.2 Å². The highest BCUT2D eigenvalue weighted by molar-refractivity contribution is 6.01. The van der Waals surface area contributed by atoms with Crippen LogP contribution in [0.3, 0.4) is 0 Å². The van der Waals surface area contributed by atoms with Crippen molar-refractivity contribution in [1.82, 2.24) is 15.8 Å². The summed E-state index contributed by atoms with van der Waals surface area (Å²) in [6, 6.07) is 6.76. The topological polar surface area (TPSA) is 95.6 Å². The van der Waals surface area contributed by atoms with Gasteiger partial charge in [0, 0.05) is 23.9 Å². The molecule has 4 amide bonds. The Morgan fingerprint density at radius 3 is 2.46 bits per heavy atom. The molecule has 0 atom stereocenters. The molecule has 2 N–H and O–H groups in total. The maximum Gasteiger partial charge on any atom is 0.260 e. The van der Waals surface area contributed by atoms with Crippen LogP contribution in [0.5, 0.6) is 0 Å². The summed E-state index contributed by atoms with van der Waals surface area (Å²) >= 11 is 0. The summed E-state index contributed by atoms with van der Waals surface area (Å²) in [5, 5.41) is 0. The van der Waals surface area contributed by atoms with Gasteiger partial charge in [-0.2, -0.15) is 0 Å². The fourth-order valence-corrected chi connectivity index (χ4v) is 2.60. The Hall–Kier alpha value is -2.70. The van der Waals surface area contributed by atoms with Gasteiger partial charge >= 0.3 is 0 Å². The predicted molar refractivity (Wildman–Crippen MR) is 86.5 cm³/mol. The molecule has 1 aliphatic carbocycles. The molecule has 0 aromatic heterocycles. The van der Waals surface area contributed by atoms with Crippen molar-refractivity contribution in [1.29, 1.82) is 0 Å². The highest BCUT2D eigenvalue weighted by Gasteiger charge is 2.40. The summed E-state index contributed by atoms with van der Waals surface area (Å²) in [6.07, 6.45) is 1.58. The fourth-order valence-electron chi connectivity index (χ4n) is 2.60. The van der Waals surface area contributed by atoms with Gasteiger partial charge in [0.05, 0.1) is 0 Å². The number of carbonyl (C=O) groups is 4. The van der Waals surface area contributed by atoms with Crippen LogP contribution >= 0.6 is 0 Å². The monoisotopic (exact) mass is 331 g/mol. The Kier molecular flexibility index (Phi) is 5.68. The van der Waals surface area contributed by atoms with E-state index in [9.17, 15) is 19.2 Å². The molecule has 0 heterocycles. The van der Waals surface area contributed by atoms with Crippen LogP contribution in [0.4, 0.5) is 0 Å². The summed E-state index contributed by atoms with van der Waals surface area (Å²) in [7, 11) is 0. The van der Waals surface area contributed by atoms with Crippen LogP contribution in [0.1, 0.15) is 42.1 Å².